The summed E-state index contributed by atoms with van der Waals surface area (Å²) in [5, 5.41) is 0. The first-order valence-corrected chi connectivity index (χ1v) is 10.2. The van der Waals surface area contributed by atoms with Gasteiger partial charge in [-0.15, -0.1) is 0 Å². The van der Waals surface area contributed by atoms with Crippen molar-refractivity contribution in [2.24, 2.45) is 46.3 Å². The molecule has 0 aromatic heterocycles. The number of rotatable bonds is 1. The van der Waals surface area contributed by atoms with Gasteiger partial charge < -0.3 is 0 Å². The molecule has 22 heavy (non-hydrogen) atoms. The molecular weight excluding hydrogens is 264 g/mol. The van der Waals surface area contributed by atoms with Crippen molar-refractivity contribution in [2.75, 3.05) is 0 Å². The molecule has 4 rings (SSSR count). The minimum Gasteiger partial charge on any atom is -0.0880 e. The Hall–Kier alpha value is -0.260. The summed E-state index contributed by atoms with van der Waals surface area (Å²) >= 11 is 0. The summed E-state index contributed by atoms with van der Waals surface area (Å²) in [5.41, 5.74) is 1.20. The van der Waals surface area contributed by atoms with E-state index in [4.69, 9.17) is 0 Å². The van der Waals surface area contributed by atoms with Gasteiger partial charge in [0.25, 0.3) is 0 Å². The molecule has 4 aliphatic carbocycles. The van der Waals surface area contributed by atoms with Crippen LogP contribution in [0.5, 0.6) is 0 Å². The summed E-state index contributed by atoms with van der Waals surface area (Å²) in [7, 11) is 0. The Balaban J connectivity index is 1.69. The molecule has 3 saturated carbocycles. The highest BCUT2D eigenvalue weighted by atomic mass is 14.6. The molecule has 124 valence electrons. The fourth-order valence-electron chi connectivity index (χ4n) is 8.11. The maximum atomic E-state index is 2.67. The summed E-state index contributed by atoms with van der Waals surface area (Å²) in [6, 6.07) is 0. The number of fused-ring (bicyclic) bond motifs is 5. The minimum atomic E-state index is 0.520. The molecule has 0 bridgehead atoms. The molecule has 0 aliphatic heterocycles. The Bertz CT molecular complexity index is 463. The fourth-order valence-corrected chi connectivity index (χ4v) is 8.11. The van der Waals surface area contributed by atoms with Crippen molar-refractivity contribution in [3.63, 3.8) is 0 Å². The van der Waals surface area contributed by atoms with Crippen molar-refractivity contribution < 1.29 is 0 Å². The predicted octanol–water partition coefficient (Wildman–Crippen LogP) is 6.47. The zero-order valence-electron chi connectivity index (χ0n) is 15.3. The third-order valence-corrected chi connectivity index (χ3v) is 9.18. The molecule has 4 aliphatic rings. The van der Waals surface area contributed by atoms with E-state index in [1.54, 1.807) is 0 Å². The van der Waals surface area contributed by atoms with Gasteiger partial charge in [0.2, 0.25) is 0 Å². The second kappa shape index (κ2) is 5.12. The van der Waals surface area contributed by atoms with E-state index in [1.165, 1.54) is 51.4 Å². The molecule has 0 heteroatoms. The van der Waals surface area contributed by atoms with Gasteiger partial charge in [0.15, 0.2) is 0 Å². The van der Waals surface area contributed by atoms with Crippen LogP contribution in [0.25, 0.3) is 0 Å². The molecule has 0 spiro atoms. The van der Waals surface area contributed by atoms with Crippen molar-refractivity contribution in [3.05, 3.63) is 12.2 Å². The van der Waals surface area contributed by atoms with Gasteiger partial charge in [-0.25, -0.2) is 0 Å². The van der Waals surface area contributed by atoms with Crippen molar-refractivity contribution in [2.45, 2.75) is 79.1 Å². The predicted molar refractivity (Wildman–Crippen MR) is 94.6 cm³/mol. The van der Waals surface area contributed by atoms with E-state index < -0.39 is 0 Å². The Labute approximate surface area is 138 Å². The number of allylic oxidation sites excluding steroid dienone is 2. The summed E-state index contributed by atoms with van der Waals surface area (Å²) < 4.78 is 0. The molecule has 0 saturated heterocycles. The molecule has 0 amide bonds. The van der Waals surface area contributed by atoms with Gasteiger partial charge in [-0.1, -0.05) is 46.3 Å². The highest BCUT2D eigenvalue weighted by Crippen LogP contribution is 2.67. The number of hydrogen-bond acceptors (Lipinski definition) is 0. The Morgan fingerprint density at radius 2 is 1.82 bits per heavy atom. The first-order valence-electron chi connectivity index (χ1n) is 10.2. The van der Waals surface area contributed by atoms with E-state index in [-0.39, 0.29) is 0 Å². The molecule has 1 unspecified atom stereocenters. The lowest BCUT2D eigenvalue weighted by Gasteiger charge is -2.61. The molecule has 0 heterocycles. The largest absolute Gasteiger partial charge is 0.0880 e. The Morgan fingerprint density at radius 1 is 1.00 bits per heavy atom. The van der Waals surface area contributed by atoms with Crippen molar-refractivity contribution in [3.8, 4) is 0 Å². The van der Waals surface area contributed by atoms with E-state index in [9.17, 15) is 0 Å². The smallest absolute Gasteiger partial charge is 0.00847 e. The van der Waals surface area contributed by atoms with E-state index in [2.05, 4.69) is 39.8 Å². The molecule has 0 aromatic rings. The third kappa shape index (κ3) is 1.88. The van der Waals surface area contributed by atoms with Gasteiger partial charge >= 0.3 is 0 Å². The molecule has 0 N–H and O–H groups in total. The topological polar surface area (TPSA) is 0 Å². The van der Waals surface area contributed by atoms with Crippen LogP contribution in [0.1, 0.15) is 79.1 Å². The van der Waals surface area contributed by atoms with Crippen LogP contribution in [0.3, 0.4) is 0 Å². The molecule has 0 radical (unpaired) electrons. The van der Waals surface area contributed by atoms with Crippen LogP contribution in [-0.4, -0.2) is 0 Å². The normalized spacial score (nSPS) is 57.1. The molecule has 0 aromatic carbocycles. The zero-order chi connectivity index (χ0) is 15.5. The van der Waals surface area contributed by atoms with Gasteiger partial charge in [0.05, 0.1) is 0 Å². The quantitative estimate of drug-likeness (QED) is 0.487. The first-order chi connectivity index (χ1) is 10.5. The molecular formula is C22H36. The average molecular weight is 301 g/mol. The van der Waals surface area contributed by atoms with Crippen molar-refractivity contribution in [1.29, 1.82) is 0 Å². The molecule has 0 nitrogen and oxygen atoms in total. The van der Waals surface area contributed by atoms with Crippen LogP contribution in [0.2, 0.25) is 0 Å². The molecule has 3 fully saturated rings. The van der Waals surface area contributed by atoms with Crippen LogP contribution < -0.4 is 0 Å². The van der Waals surface area contributed by atoms with E-state index in [0.717, 1.165) is 35.5 Å². The summed E-state index contributed by atoms with van der Waals surface area (Å²) in [6.07, 6.45) is 17.0. The van der Waals surface area contributed by atoms with Gasteiger partial charge in [-0.3, -0.25) is 0 Å². The van der Waals surface area contributed by atoms with Gasteiger partial charge in [0, 0.05) is 0 Å². The summed E-state index contributed by atoms with van der Waals surface area (Å²) in [6.45, 7) is 10.3. The summed E-state index contributed by atoms with van der Waals surface area (Å²) in [5.74, 6) is 5.96. The van der Waals surface area contributed by atoms with Gasteiger partial charge in [0.1, 0.15) is 0 Å². The van der Waals surface area contributed by atoms with Crippen molar-refractivity contribution in [1.82, 2.24) is 0 Å². The molecule has 8 atom stereocenters. The van der Waals surface area contributed by atoms with Gasteiger partial charge in [-0.2, -0.15) is 0 Å². The minimum absolute atomic E-state index is 0.520. The standard InChI is InChI=1S/C22H36/c1-5-16-9-10-19-17-14-15(2)18-8-6-7-12-22(18,4)20(17)11-13-21(16,19)3/h7,12,15-20H,5-6,8-11,13-14H2,1-4H3/t15-,16-,17-,18?,19-,20-,21+,22-/m0/s1. The highest BCUT2D eigenvalue weighted by Gasteiger charge is 2.59. The lowest BCUT2D eigenvalue weighted by Crippen LogP contribution is -2.54. The maximum Gasteiger partial charge on any atom is -0.00847 e. The van der Waals surface area contributed by atoms with E-state index >= 15 is 0 Å². The van der Waals surface area contributed by atoms with Crippen LogP contribution >= 0.6 is 0 Å². The Kier molecular flexibility index (Phi) is 3.55. The lowest BCUT2D eigenvalue weighted by atomic mass is 9.44. The van der Waals surface area contributed by atoms with Crippen molar-refractivity contribution >= 4 is 0 Å². The first kappa shape index (κ1) is 15.3. The second-order valence-corrected chi connectivity index (χ2v) is 9.77. The third-order valence-electron chi connectivity index (χ3n) is 9.18. The van der Waals surface area contributed by atoms with Crippen LogP contribution in [0, 0.1) is 46.3 Å². The fraction of sp³-hybridized carbons (Fsp3) is 0.909. The Morgan fingerprint density at radius 3 is 2.59 bits per heavy atom. The lowest BCUT2D eigenvalue weighted by molar-refractivity contribution is -0.0996. The van der Waals surface area contributed by atoms with Gasteiger partial charge in [-0.05, 0) is 91.3 Å². The average Bonchev–Trinajstić information content (AvgIpc) is 2.84. The SMILES string of the molecule is CC[C@H]1CC[C@H]2[C@@H]3C[C@H](C)C4CCC=C[C@]4(C)[C@H]3CC[C@]12C. The maximum absolute atomic E-state index is 2.67. The van der Waals surface area contributed by atoms with Crippen LogP contribution in [0.15, 0.2) is 12.2 Å². The number of hydrogen-bond donors (Lipinski definition) is 0. The van der Waals surface area contributed by atoms with Crippen LogP contribution in [0.4, 0.5) is 0 Å². The van der Waals surface area contributed by atoms with E-state index in [0.29, 0.717) is 10.8 Å². The summed E-state index contributed by atoms with van der Waals surface area (Å²) in [4.78, 5) is 0. The zero-order valence-corrected chi connectivity index (χ0v) is 15.3. The highest BCUT2D eigenvalue weighted by molar-refractivity contribution is 5.16. The van der Waals surface area contributed by atoms with E-state index in [1.807, 2.05) is 0 Å². The monoisotopic (exact) mass is 300 g/mol. The van der Waals surface area contributed by atoms with Crippen LogP contribution in [-0.2, 0) is 0 Å². The second-order valence-electron chi connectivity index (χ2n) is 9.77.